The predicted octanol–water partition coefficient (Wildman–Crippen LogP) is 3.34. The monoisotopic (exact) mass is 559 g/mol. The molecule has 3 rings (SSSR count). The average Bonchev–Trinajstić information content (AvgIpc) is 3.23. The van der Waals surface area contributed by atoms with E-state index in [4.69, 9.17) is 9.47 Å². The van der Waals surface area contributed by atoms with Crippen LogP contribution in [0.4, 0.5) is 26.8 Å². The molecule has 0 atom stereocenters. The van der Waals surface area contributed by atoms with E-state index in [1.165, 1.54) is 17.0 Å². The Kier molecular flexibility index (Phi) is 9.35. The van der Waals surface area contributed by atoms with Gasteiger partial charge in [0, 0.05) is 50.4 Å². The molecule has 0 bridgehead atoms. The fourth-order valence-corrected chi connectivity index (χ4v) is 4.09. The van der Waals surface area contributed by atoms with Gasteiger partial charge in [0.15, 0.2) is 5.82 Å². The molecule has 40 heavy (non-hydrogen) atoms. The molecule has 0 spiro atoms. The summed E-state index contributed by atoms with van der Waals surface area (Å²) in [6.07, 6.45) is -1.03. The number of benzene rings is 1. The number of hydrogen-bond donors (Lipinski definition) is 1. The van der Waals surface area contributed by atoms with E-state index in [9.17, 15) is 24.5 Å². The van der Waals surface area contributed by atoms with Gasteiger partial charge < -0.3 is 29.5 Å². The summed E-state index contributed by atoms with van der Waals surface area (Å²) in [6.45, 7) is 8.66. The van der Waals surface area contributed by atoms with Crippen LogP contribution in [0.2, 0.25) is 0 Å². The normalized spacial score (nSPS) is 13.1. The van der Waals surface area contributed by atoms with Crippen molar-refractivity contribution in [2.24, 2.45) is 0 Å². The second-order valence-corrected chi connectivity index (χ2v) is 10.7. The number of nitrogens with one attached hydrogen (secondary N) is 1. The molecule has 1 aliphatic heterocycles. The molecular formula is C26H37N7O7. The van der Waals surface area contributed by atoms with Crippen LogP contribution in [0.15, 0.2) is 18.2 Å². The quantitative estimate of drug-likeness (QED) is 0.376. The molecule has 0 radical (unpaired) electrons. The first-order valence-electron chi connectivity index (χ1n) is 12.9. The summed E-state index contributed by atoms with van der Waals surface area (Å²) in [5.41, 5.74) is 0.216. The van der Waals surface area contributed by atoms with Crippen molar-refractivity contribution in [3.8, 4) is 0 Å². The number of fused-ring (bicyclic) bond motifs is 1. The Morgan fingerprint density at radius 1 is 1.15 bits per heavy atom. The zero-order valence-electron chi connectivity index (χ0n) is 24.0. The Balaban J connectivity index is 1.93. The van der Waals surface area contributed by atoms with Crippen LogP contribution in [-0.2, 0) is 22.4 Å². The SMILES string of the molecule is CCOC(=O)n1nc(NC(=O)c2ccc(N(C)CCN(C)C)cc2[N+](=O)[O-])c2c1CCN(C(=O)OC(C)(C)C)C2. The number of amides is 2. The van der Waals surface area contributed by atoms with E-state index in [0.29, 0.717) is 23.5 Å². The first kappa shape index (κ1) is 30.3. The molecule has 218 valence electrons. The number of carbonyl (C=O) groups excluding carboxylic acids is 3. The zero-order chi connectivity index (χ0) is 29.8. The smallest absolute Gasteiger partial charge is 0.434 e. The maximum absolute atomic E-state index is 13.3. The van der Waals surface area contributed by atoms with Crippen molar-refractivity contribution in [1.29, 1.82) is 0 Å². The fraction of sp³-hybridized carbons (Fsp3) is 0.538. The van der Waals surface area contributed by atoms with Crippen LogP contribution >= 0.6 is 0 Å². The van der Waals surface area contributed by atoms with E-state index in [1.54, 1.807) is 33.8 Å². The number of aromatic nitrogens is 2. The number of ether oxygens (including phenoxy) is 2. The van der Waals surface area contributed by atoms with Gasteiger partial charge in [-0.2, -0.15) is 4.68 Å². The Bertz CT molecular complexity index is 1280. The van der Waals surface area contributed by atoms with Gasteiger partial charge >= 0.3 is 12.2 Å². The fourth-order valence-electron chi connectivity index (χ4n) is 4.09. The van der Waals surface area contributed by atoms with Crippen molar-refractivity contribution in [3.63, 3.8) is 0 Å². The lowest BCUT2D eigenvalue weighted by molar-refractivity contribution is -0.385. The van der Waals surface area contributed by atoms with Crippen molar-refractivity contribution in [2.45, 2.75) is 46.3 Å². The molecule has 2 heterocycles. The summed E-state index contributed by atoms with van der Waals surface area (Å²) >= 11 is 0. The van der Waals surface area contributed by atoms with Gasteiger partial charge in [-0.15, -0.1) is 5.10 Å². The minimum Gasteiger partial charge on any atom is -0.448 e. The topological polar surface area (TPSA) is 152 Å². The van der Waals surface area contributed by atoms with Crippen LogP contribution in [0.3, 0.4) is 0 Å². The standard InChI is InChI=1S/C26H37N7O7/c1-8-39-25(36)32-20-11-12-31(24(35)40-26(2,3)4)16-19(20)22(28-32)27-23(34)18-10-9-17(15-21(18)33(37)38)30(7)14-13-29(5)6/h9-10,15H,8,11-14,16H2,1-7H3,(H,27,28,34). The number of nitro groups is 1. The van der Waals surface area contributed by atoms with Crippen LogP contribution in [0.5, 0.6) is 0 Å². The third-order valence-electron chi connectivity index (χ3n) is 6.13. The Labute approximate surface area is 232 Å². The molecule has 0 aliphatic carbocycles. The zero-order valence-corrected chi connectivity index (χ0v) is 24.0. The number of hydrogen-bond acceptors (Lipinski definition) is 10. The molecule has 0 unspecified atom stereocenters. The van der Waals surface area contributed by atoms with Crippen LogP contribution < -0.4 is 10.2 Å². The minimum absolute atomic E-state index is 0.00258. The van der Waals surface area contributed by atoms with E-state index in [-0.39, 0.29) is 43.2 Å². The predicted molar refractivity (Wildman–Crippen MR) is 148 cm³/mol. The van der Waals surface area contributed by atoms with Crippen LogP contribution in [-0.4, -0.2) is 95.6 Å². The maximum atomic E-state index is 13.3. The summed E-state index contributed by atoms with van der Waals surface area (Å²) in [5, 5.41) is 18.8. The highest BCUT2D eigenvalue weighted by Gasteiger charge is 2.33. The number of likely N-dealkylation sites (N-methyl/N-ethyl adjacent to an activating group) is 2. The van der Waals surface area contributed by atoms with Gasteiger partial charge in [-0.25, -0.2) is 9.59 Å². The van der Waals surface area contributed by atoms with Crippen LogP contribution in [0, 0.1) is 10.1 Å². The molecule has 1 aliphatic rings. The van der Waals surface area contributed by atoms with Gasteiger partial charge in [0.05, 0.1) is 23.8 Å². The maximum Gasteiger partial charge on any atom is 0.434 e. The second-order valence-electron chi connectivity index (χ2n) is 10.7. The van der Waals surface area contributed by atoms with Gasteiger partial charge in [0.2, 0.25) is 0 Å². The third kappa shape index (κ3) is 7.25. The summed E-state index contributed by atoms with van der Waals surface area (Å²) in [7, 11) is 5.67. The molecule has 0 saturated heterocycles. The van der Waals surface area contributed by atoms with E-state index in [0.717, 1.165) is 11.2 Å². The van der Waals surface area contributed by atoms with E-state index in [2.05, 4.69) is 10.4 Å². The summed E-state index contributed by atoms with van der Waals surface area (Å²) in [5.74, 6) is -0.775. The van der Waals surface area contributed by atoms with Gasteiger partial charge in [-0.3, -0.25) is 14.9 Å². The summed E-state index contributed by atoms with van der Waals surface area (Å²) in [6, 6.07) is 4.37. The summed E-state index contributed by atoms with van der Waals surface area (Å²) in [4.78, 5) is 55.2. The van der Waals surface area contributed by atoms with E-state index >= 15 is 0 Å². The van der Waals surface area contributed by atoms with Gasteiger partial charge in [-0.1, -0.05) is 0 Å². The Morgan fingerprint density at radius 2 is 1.85 bits per heavy atom. The Morgan fingerprint density at radius 3 is 2.45 bits per heavy atom. The molecule has 0 saturated carbocycles. The van der Waals surface area contributed by atoms with E-state index < -0.39 is 28.6 Å². The molecule has 1 aromatic carbocycles. The van der Waals surface area contributed by atoms with Crippen molar-refractivity contribution in [1.82, 2.24) is 19.6 Å². The van der Waals surface area contributed by atoms with Crippen molar-refractivity contribution >= 4 is 35.3 Å². The molecule has 14 heteroatoms. The first-order chi connectivity index (χ1) is 18.7. The number of nitrogens with zero attached hydrogens (tertiary/aromatic N) is 6. The lowest BCUT2D eigenvalue weighted by Gasteiger charge is -2.30. The van der Waals surface area contributed by atoms with Gasteiger partial charge in [0.25, 0.3) is 11.6 Å². The minimum atomic E-state index is -0.778. The molecule has 14 nitrogen and oxygen atoms in total. The highest BCUT2D eigenvalue weighted by atomic mass is 16.6. The highest BCUT2D eigenvalue weighted by Crippen LogP contribution is 2.30. The highest BCUT2D eigenvalue weighted by molar-refractivity contribution is 6.07. The van der Waals surface area contributed by atoms with Crippen molar-refractivity contribution in [3.05, 3.63) is 45.1 Å². The largest absolute Gasteiger partial charge is 0.448 e. The number of anilines is 2. The average molecular weight is 560 g/mol. The molecular weight excluding hydrogens is 522 g/mol. The van der Waals surface area contributed by atoms with Gasteiger partial charge in [-0.05, 0) is 53.9 Å². The molecule has 1 N–H and O–H groups in total. The van der Waals surface area contributed by atoms with Gasteiger partial charge in [0.1, 0.15) is 11.2 Å². The van der Waals surface area contributed by atoms with Crippen LogP contribution in [0.1, 0.15) is 49.3 Å². The molecule has 0 fully saturated rings. The molecule has 2 amide bonds. The van der Waals surface area contributed by atoms with E-state index in [1.807, 2.05) is 30.9 Å². The number of nitro benzene ring substituents is 1. The number of carbonyl (C=O) groups is 3. The molecule has 1 aromatic heterocycles. The second kappa shape index (κ2) is 12.3. The molecule has 2 aromatic rings. The van der Waals surface area contributed by atoms with Crippen molar-refractivity contribution < 1.29 is 28.8 Å². The third-order valence-corrected chi connectivity index (χ3v) is 6.13. The number of rotatable bonds is 8. The Hall–Kier alpha value is -4.20. The lowest BCUT2D eigenvalue weighted by atomic mass is 10.1. The first-order valence-corrected chi connectivity index (χ1v) is 12.9. The lowest BCUT2D eigenvalue weighted by Crippen LogP contribution is -2.40. The summed E-state index contributed by atoms with van der Waals surface area (Å²) < 4.78 is 11.6. The van der Waals surface area contributed by atoms with Crippen molar-refractivity contribution in [2.75, 3.05) is 57.6 Å². The van der Waals surface area contributed by atoms with Crippen LogP contribution in [0.25, 0.3) is 0 Å².